The molecule has 0 saturated carbocycles. The molecule has 0 aliphatic carbocycles. The van der Waals surface area contributed by atoms with Crippen molar-refractivity contribution < 1.29 is 121 Å². The summed E-state index contributed by atoms with van der Waals surface area (Å²) in [6.07, 6.45) is 0. The van der Waals surface area contributed by atoms with Crippen LogP contribution in [0.25, 0.3) is 10.8 Å². The zero-order chi connectivity index (χ0) is 36.3. The summed E-state index contributed by atoms with van der Waals surface area (Å²) in [5.41, 5.74) is 4.54. The summed E-state index contributed by atoms with van der Waals surface area (Å²) in [7, 11) is -4.82. The first-order valence-corrected chi connectivity index (χ1v) is 17.1. The molecule has 0 radical (unpaired) electrons. The predicted molar refractivity (Wildman–Crippen MR) is 190 cm³/mol. The van der Waals surface area contributed by atoms with E-state index in [4.69, 9.17) is 0 Å². The second-order valence-electron chi connectivity index (χ2n) is 10.5. The fourth-order valence-corrected chi connectivity index (χ4v) is 5.81. The van der Waals surface area contributed by atoms with Gasteiger partial charge < -0.3 is 20.4 Å². The van der Waals surface area contributed by atoms with E-state index in [-0.39, 0.29) is 105 Å². The number of anilines is 2. The van der Waals surface area contributed by atoms with Gasteiger partial charge in [-0.3, -0.25) is 5.04 Å². The Balaban J connectivity index is 0.00000271. The molecule has 2 amide bonds. The SMILES string of the molecule is O=C(Nc1cc[c-]cc1)Nc1ccc(N=Nc2ccc(N=Nc3ccc(N=Nc4ccc5c(S(=O)(=O)[O-])cc(SOO[O-])cc5c4)cc3)cc2)cc1.[Na+].[Na+].[Na+]. The average Bonchev–Trinajstić information content (AvgIpc) is 3.15. The van der Waals surface area contributed by atoms with Gasteiger partial charge in [0.1, 0.15) is 10.1 Å². The normalized spacial score (nSPS) is 11.2. The van der Waals surface area contributed by atoms with Gasteiger partial charge in [-0.15, -0.1) is 12.1 Å². The van der Waals surface area contributed by atoms with Crippen LogP contribution in [-0.4, -0.2) is 19.0 Å². The van der Waals surface area contributed by atoms with Crippen LogP contribution >= 0.6 is 12.0 Å². The van der Waals surface area contributed by atoms with Crippen molar-refractivity contribution in [3.05, 3.63) is 133 Å². The molecule has 6 aromatic carbocycles. The molecule has 0 fully saturated rings. The minimum Gasteiger partial charge on any atom is -0.744 e. The third kappa shape index (κ3) is 14.0. The van der Waals surface area contributed by atoms with Crippen LogP contribution in [0.1, 0.15) is 0 Å². The van der Waals surface area contributed by atoms with E-state index in [0.717, 1.165) is 6.07 Å². The molecule has 0 aliphatic rings. The van der Waals surface area contributed by atoms with Crippen LogP contribution in [0.3, 0.4) is 0 Å². The third-order valence-electron chi connectivity index (χ3n) is 6.94. The maximum Gasteiger partial charge on any atom is 1.00 e. The van der Waals surface area contributed by atoms with E-state index in [1.807, 2.05) is 0 Å². The van der Waals surface area contributed by atoms with Crippen LogP contribution in [0.2, 0.25) is 0 Å². The van der Waals surface area contributed by atoms with Crippen LogP contribution in [0.4, 0.5) is 50.3 Å². The molecule has 20 heteroatoms. The number of carbonyl (C=O) groups is 1. The van der Waals surface area contributed by atoms with Gasteiger partial charge in [-0.25, -0.2) is 13.2 Å². The Bertz CT molecular complexity index is 2390. The van der Waals surface area contributed by atoms with Crippen molar-refractivity contribution in [2.24, 2.45) is 30.7 Å². The average molecular weight is 801 g/mol. The van der Waals surface area contributed by atoms with E-state index < -0.39 is 15.0 Å². The number of urea groups is 1. The number of rotatable bonds is 12. The Morgan fingerprint density at radius 3 is 1.47 bits per heavy atom. The number of hydrogen-bond donors (Lipinski definition) is 2. The number of carbonyl (C=O) groups excluding carboxylic acids is 1. The maximum atomic E-state index is 12.2. The molecule has 0 aromatic heterocycles. The molecule has 0 unspecified atom stereocenters. The minimum atomic E-state index is -4.82. The first-order valence-electron chi connectivity index (χ1n) is 15.0. The van der Waals surface area contributed by atoms with Crippen LogP contribution in [0.5, 0.6) is 0 Å². The van der Waals surface area contributed by atoms with E-state index in [9.17, 15) is 23.0 Å². The molecule has 55 heavy (non-hydrogen) atoms. The molecule has 0 atom stereocenters. The van der Waals surface area contributed by atoms with Gasteiger partial charge in [-0.2, -0.15) is 53.2 Å². The van der Waals surface area contributed by atoms with Crippen molar-refractivity contribution in [2.45, 2.75) is 9.79 Å². The molecule has 15 nitrogen and oxygen atoms in total. The van der Waals surface area contributed by atoms with Gasteiger partial charge in [0.25, 0.3) is 0 Å². The first-order chi connectivity index (χ1) is 25.2. The van der Waals surface area contributed by atoms with Crippen LogP contribution in [0, 0.1) is 6.07 Å². The zero-order valence-electron chi connectivity index (χ0n) is 29.5. The molecular formula is C35H23N8Na3O7S2. The molecule has 260 valence electrons. The summed E-state index contributed by atoms with van der Waals surface area (Å²) in [6.45, 7) is 0. The van der Waals surface area contributed by atoms with Gasteiger partial charge in [-0.05, 0) is 108 Å². The fraction of sp³-hybridized carbons (Fsp3) is 0. The van der Waals surface area contributed by atoms with Gasteiger partial charge in [0.05, 0.1) is 51.1 Å². The summed E-state index contributed by atoms with van der Waals surface area (Å²) in [5, 5.41) is 44.9. The summed E-state index contributed by atoms with van der Waals surface area (Å²) in [5.74, 6) is 0. The van der Waals surface area contributed by atoms with Crippen molar-refractivity contribution >= 4 is 84.5 Å². The Hall–Kier alpha value is -3.21. The number of azo groups is 3. The quantitative estimate of drug-likeness (QED) is 0.0341. The van der Waals surface area contributed by atoms with Crippen molar-refractivity contribution in [1.82, 2.24) is 0 Å². The molecule has 0 aliphatic heterocycles. The van der Waals surface area contributed by atoms with Crippen molar-refractivity contribution in [3.8, 4) is 0 Å². The Kier molecular flexibility index (Phi) is 18.9. The standard InChI is InChI=1S/C35H25N8O7S2.3Na/c44-35(36-24-4-2-1-3-5-24)37-25-6-8-26(9-7-25)38-39-27-10-12-28(13-11-27)40-41-29-14-16-30(17-15-29)42-43-31-18-19-33-23(20-31)21-32(51-50-49-45)22-34(33)52(46,47)48;;;/h2-22,45H,(H2,36,37,44)(H,46,47,48);;;/q-1;3*+1/p-2. The molecule has 0 heterocycles. The molecular weight excluding hydrogens is 778 g/mol. The number of nitrogens with one attached hydrogen (secondary N) is 2. The summed E-state index contributed by atoms with van der Waals surface area (Å²) < 4.78 is 39.7. The Morgan fingerprint density at radius 1 is 0.600 bits per heavy atom. The zero-order valence-corrected chi connectivity index (χ0v) is 37.1. The Morgan fingerprint density at radius 2 is 1.02 bits per heavy atom. The Labute approximate surface area is 385 Å². The monoisotopic (exact) mass is 800 g/mol. The predicted octanol–water partition coefficient (Wildman–Crippen LogP) is 0.677. The number of hydrogen-bond acceptors (Lipinski definition) is 14. The maximum absolute atomic E-state index is 12.2. The molecule has 6 rings (SSSR count). The number of amides is 2. The smallest absolute Gasteiger partial charge is 0.744 e. The molecule has 2 N–H and O–H groups in total. The van der Waals surface area contributed by atoms with Gasteiger partial charge in [0.2, 0.25) is 0 Å². The molecule has 0 spiro atoms. The van der Waals surface area contributed by atoms with Gasteiger partial charge in [0.15, 0.2) is 0 Å². The van der Waals surface area contributed by atoms with Crippen LogP contribution in [0.15, 0.2) is 168 Å². The van der Waals surface area contributed by atoms with E-state index >= 15 is 0 Å². The molecule has 0 saturated heterocycles. The largest absolute Gasteiger partial charge is 1.00 e. The van der Waals surface area contributed by atoms with E-state index in [1.165, 1.54) is 24.3 Å². The topological polar surface area (TPSA) is 214 Å². The van der Waals surface area contributed by atoms with Crippen molar-refractivity contribution in [3.63, 3.8) is 0 Å². The summed E-state index contributed by atoms with van der Waals surface area (Å²) in [6, 6.07) is 37.3. The van der Waals surface area contributed by atoms with Gasteiger partial charge in [-0.1, -0.05) is 11.8 Å². The second-order valence-corrected chi connectivity index (χ2v) is 12.7. The van der Waals surface area contributed by atoms with Crippen LogP contribution in [-0.2, 0) is 19.5 Å². The van der Waals surface area contributed by atoms with Gasteiger partial charge >= 0.3 is 94.7 Å². The number of fused-ring (bicyclic) bond motifs is 1. The second kappa shape index (κ2) is 22.5. The molecule has 0 bridgehead atoms. The van der Waals surface area contributed by atoms with Crippen molar-refractivity contribution in [1.29, 1.82) is 0 Å². The number of nitrogens with zero attached hydrogens (tertiary/aromatic N) is 6. The summed E-state index contributed by atoms with van der Waals surface area (Å²) >= 11 is 0.461. The third-order valence-corrected chi connectivity index (χ3v) is 8.37. The van der Waals surface area contributed by atoms with E-state index in [0.29, 0.717) is 62.9 Å². The van der Waals surface area contributed by atoms with E-state index in [2.05, 4.69) is 56.8 Å². The summed E-state index contributed by atoms with van der Waals surface area (Å²) in [4.78, 5) is 11.9. The fourth-order valence-electron chi connectivity index (χ4n) is 4.56. The first kappa shape index (κ1) is 46.2. The van der Waals surface area contributed by atoms with Gasteiger partial charge in [0, 0.05) is 10.6 Å². The minimum absolute atomic E-state index is 0. The van der Waals surface area contributed by atoms with E-state index in [1.54, 1.807) is 97.1 Å². The van der Waals surface area contributed by atoms with Crippen molar-refractivity contribution in [2.75, 3.05) is 10.6 Å². The van der Waals surface area contributed by atoms with Crippen LogP contribution < -0.4 is 105 Å². The molecule has 6 aromatic rings. The number of benzene rings is 6.